The Kier molecular flexibility index (Phi) is 5.19. The van der Waals surface area contributed by atoms with Crippen molar-refractivity contribution in [1.82, 2.24) is 10.2 Å². The van der Waals surface area contributed by atoms with Crippen molar-refractivity contribution in [3.05, 3.63) is 29.3 Å². The molecule has 4 heteroatoms. The van der Waals surface area contributed by atoms with Gasteiger partial charge in [0.25, 0.3) is 0 Å². The minimum atomic E-state index is 0.0781. The van der Waals surface area contributed by atoms with E-state index in [9.17, 15) is 0 Å². The van der Waals surface area contributed by atoms with Crippen LogP contribution in [-0.4, -0.2) is 44.7 Å². The summed E-state index contributed by atoms with van der Waals surface area (Å²) in [5.74, 6) is 0.959. The van der Waals surface area contributed by atoms with Crippen LogP contribution >= 0.6 is 0 Å². The van der Waals surface area contributed by atoms with Gasteiger partial charge in [-0.05, 0) is 23.6 Å². The molecule has 3 N–H and O–H groups in total. The Bertz CT molecular complexity index is 402. The molecule has 1 unspecified atom stereocenters. The number of hydrogen-bond acceptors (Lipinski definition) is 4. The van der Waals surface area contributed by atoms with Crippen LogP contribution in [0.2, 0.25) is 0 Å². The molecular weight excluding hydrogens is 238 g/mol. The Balaban J connectivity index is 2.03. The number of benzene rings is 1. The average Bonchev–Trinajstić information content (AvgIpc) is 2.47. The second-order valence-corrected chi connectivity index (χ2v) is 5.08. The van der Waals surface area contributed by atoms with Gasteiger partial charge in [-0.15, -0.1) is 0 Å². The summed E-state index contributed by atoms with van der Waals surface area (Å²) in [4.78, 5) is 2.43. The molecule has 0 spiro atoms. The number of nitrogens with one attached hydrogen (secondary N) is 1. The van der Waals surface area contributed by atoms with E-state index >= 15 is 0 Å². The highest BCUT2D eigenvalue weighted by molar-refractivity contribution is 5.38. The maximum atomic E-state index is 6.34. The lowest BCUT2D eigenvalue weighted by Gasteiger charge is -2.29. The fraction of sp³-hybridized carbons (Fsp3) is 0.600. The zero-order chi connectivity index (χ0) is 13.7. The zero-order valence-electron chi connectivity index (χ0n) is 12.0. The summed E-state index contributed by atoms with van der Waals surface area (Å²) in [6.07, 6.45) is 0.970. The highest BCUT2D eigenvalue weighted by Crippen LogP contribution is 2.23. The second kappa shape index (κ2) is 6.89. The quantitative estimate of drug-likeness (QED) is 0.837. The van der Waals surface area contributed by atoms with E-state index < -0.39 is 0 Å². The van der Waals surface area contributed by atoms with E-state index in [-0.39, 0.29) is 6.04 Å². The minimum absolute atomic E-state index is 0.0781. The molecule has 1 aromatic carbocycles. The van der Waals surface area contributed by atoms with Crippen LogP contribution in [0.25, 0.3) is 0 Å². The molecule has 1 fully saturated rings. The molecule has 1 atom stereocenters. The van der Waals surface area contributed by atoms with Gasteiger partial charge >= 0.3 is 0 Å². The van der Waals surface area contributed by atoms with Gasteiger partial charge in [0.1, 0.15) is 5.75 Å². The molecule has 0 bridgehead atoms. The van der Waals surface area contributed by atoms with Crippen molar-refractivity contribution < 1.29 is 4.74 Å². The Morgan fingerprint density at radius 2 is 2.11 bits per heavy atom. The summed E-state index contributed by atoms with van der Waals surface area (Å²) < 4.78 is 5.36. The molecule has 1 aliphatic heterocycles. The first kappa shape index (κ1) is 14.3. The first-order chi connectivity index (χ1) is 9.24. The summed E-state index contributed by atoms with van der Waals surface area (Å²) in [6, 6.07) is 6.39. The van der Waals surface area contributed by atoms with E-state index in [0.717, 1.165) is 44.9 Å². The molecular formula is C15H25N3O. The summed E-state index contributed by atoms with van der Waals surface area (Å²) in [5, 5.41) is 3.36. The fourth-order valence-electron chi connectivity index (χ4n) is 2.58. The van der Waals surface area contributed by atoms with E-state index in [1.807, 2.05) is 6.07 Å². The van der Waals surface area contributed by atoms with Crippen LogP contribution in [0.5, 0.6) is 5.75 Å². The average molecular weight is 263 g/mol. The van der Waals surface area contributed by atoms with Crippen molar-refractivity contribution in [3.63, 3.8) is 0 Å². The van der Waals surface area contributed by atoms with Crippen molar-refractivity contribution in [2.75, 3.05) is 39.8 Å². The van der Waals surface area contributed by atoms with Gasteiger partial charge in [-0.25, -0.2) is 0 Å². The number of rotatable bonds is 5. The summed E-state index contributed by atoms with van der Waals surface area (Å²) in [6.45, 7) is 7.38. The lowest BCUT2D eigenvalue weighted by Crippen LogP contribution is -2.45. The second-order valence-electron chi connectivity index (χ2n) is 5.08. The fourth-order valence-corrected chi connectivity index (χ4v) is 2.58. The third-order valence-corrected chi connectivity index (χ3v) is 3.78. The SMILES string of the molecule is CCc1cc(C(N)CN2CCNCC2)ccc1OC. The van der Waals surface area contributed by atoms with Crippen molar-refractivity contribution in [2.45, 2.75) is 19.4 Å². The zero-order valence-corrected chi connectivity index (χ0v) is 12.0. The van der Waals surface area contributed by atoms with Crippen molar-refractivity contribution in [3.8, 4) is 5.75 Å². The smallest absolute Gasteiger partial charge is 0.122 e. The van der Waals surface area contributed by atoms with E-state index in [1.165, 1.54) is 11.1 Å². The van der Waals surface area contributed by atoms with Crippen molar-refractivity contribution in [2.24, 2.45) is 5.73 Å². The predicted octanol–water partition coefficient (Wildman–Crippen LogP) is 1.16. The van der Waals surface area contributed by atoms with Crippen LogP contribution in [0.1, 0.15) is 24.1 Å². The lowest BCUT2D eigenvalue weighted by molar-refractivity contribution is 0.228. The maximum Gasteiger partial charge on any atom is 0.122 e. The Hall–Kier alpha value is -1.10. The first-order valence-electron chi connectivity index (χ1n) is 7.10. The summed E-state index contributed by atoms with van der Waals surface area (Å²) in [5.41, 5.74) is 8.78. The number of hydrogen-bond donors (Lipinski definition) is 2. The van der Waals surface area contributed by atoms with Crippen LogP contribution in [-0.2, 0) is 6.42 Å². The topological polar surface area (TPSA) is 50.5 Å². The summed E-state index contributed by atoms with van der Waals surface area (Å²) >= 11 is 0. The van der Waals surface area contributed by atoms with E-state index in [4.69, 9.17) is 10.5 Å². The first-order valence-corrected chi connectivity index (χ1v) is 7.10. The molecule has 4 nitrogen and oxygen atoms in total. The van der Waals surface area contributed by atoms with Crippen LogP contribution in [0.3, 0.4) is 0 Å². The summed E-state index contributed by atoms with van der Waals surface area (Å²) in [7, 11) is 1.72. The molecule has 1 aliphatic rings. The third kappa shape index (κ3) is 3.69. The third-order valence-electron chi connectivity index (χ3n) is 3.78. The molecule has 1 saturated heterocycles. The van der Waals surface area contributed by atoms with Crippen molar-refractivity contribution in [1.29, 1.82) is 0 Å². The van der Waals surface area contributed by atoms with E-state index in [1.54, 1.807) is 7.11 Å². The number of piperazine rings is 1. The van der Waals surface area contributed by atoms with Gasteiger partial charge in [0.15, 0.2) is 0 Å². The maximum absolute atomic E-state index is 6.34. The predicted molar refractivity (Wildman–Crippen MR) is 78.6 cm³/mol. The highest BCUT2D eigenvalue weighted by Gasteiger charge is 2.15. The normalized spacial score (nSPS) is 18.3. The number of ether oxygens (including phenoxy) is 1. The monoisotopic (exact) mass is 263 g/mol. The minimum Gasteiger partial charge on any atom is -0.496 e. The molecule has 19 heavy (non-hydrogen) atoms. The number of aryl methyl sites for hydroxylation is 1. The molecule has 2 rings (SSSR count). The van der Waals surface area contributed by atoms with Crippen molar-refractivity contribution >= 4 is 0 Å². The van der Waals surface area contributed by atoms with Gasteiger partial charge in [0.2, 0.25) is 0 Å². The number of methoxy groups -OCH3 is 1. The van der Waals surface area contributed by atoms with Gasteiger partial charge in [-0.3, -0.25) is 4.90 Å². The van der Waals surface area contributed by atoms with E-state index in [0.29, 0.717) is 0 Å². The molecule has 1 heterocycles. The van der Waals surface area contributed by atoms with Gasteiger partial charge in [0.05, 0.1) is 7.11 Å². The molecule has 0 amide bonds. The Morgan fingerprint density at radius 3 is 2.74 bits per heavy atom. The van der Waals surface area contributed by atoms with Crippen LogP contribution in [0, 0.1) is 0 Å². The standard InChI is InChI=1S/C15H25N3O/c1-3-12-10-13(4-5-15(12)19-2)14(16)11-18-8-6-17-7-9-18/h4-5,10,14,17H,3,6-9,11,16H2,1-2H3. The molecule has 0 saturated carbocycles. The van der Waals surface area contributed by atoms with Crippen LogP contribution in [0.4, 0.5) is 0 Å². The van der Waals surface area contributed by atoms with Gasteiger partial charge in [-0.1, -0.05) is 19.1 Å². The lowest BCUT2D eigenvalue weighted by atomic mass is 10.0. The molecule has 106 valence electrons. The number of nitrogens with two attached hydrogens (primary N) is 1. The molecule has 0 radical (unpaired) electrons. The van der Waals surface area contributed by atoms with E-state index in [2.05, 4.69) is 29.3 Å². The van der Waals surface area contributed by atoms with Gasteiger partial charge < -0.3 is 15.8 Å². The molecule has 1 aromatic rings. The largest absolute Gasteiger partial charge is 0.496 e. The Labute approximate surface area is 115 Å². The Morgan fingerprint density at radius 1 is 1.37 bits per heavy atom. The molecule has 0 aliphatic carbocycles. The van der Waals surface area contributed by atoms with Crippen LogP contribution in [0.15, 0.2) is 18.2 Å². The number of nitrogens with zero attached hydrogens (tertiary/aromatic N) is 1. The van der Waals surface area contributed by atoms with Crippen LogP contribution < -0.4 is 15.8 Å². The van der Waals surface area contributed by atoms with Gasteiger partial charge in [-0.2, -0.15) is 0 Å². The van der Waals surface area contributed by atoms with Gasteiger partial charge in [0, 0.05) is 38.8 Å². The highest BCUT2D eigenvalue weighted by atomic mass is 16.5. The molecule has 0 aromatic heterocycles.